The highest BCUT2D eigenvalue weighted by Crippen LogP contribution is 2.26. The summed E-state index contributed by atoms with van der Waals surface area (Å²) in [7, 11) is 0. The molecule has 1 fully saturated rings. The van der Waals surface area contributed by atoms with Crippen molar-refractivity contribution >= 4 is 22.9 Å². The first-order valence-corrected chi connectivity index (χ1v) is 8.77. The normalized spacial score (nSPS) is 15.5. The van der Waals surface area contributed by atoms with Gasteiger partial charge in [0, 0.05) is 31.7 Å². The molecule has 0 unspecified atom stereocenters. The lowest BCUT2D eigenvalue weighted by Gasteiger charge is -2.32. The molecule has 0 radical (unpaired) electrons. The van der Waals surface area contributed by atoms with Crippen LogP contribution in [0.3, 0.4) is 0 Å². The molecule has 0 aliphatic carbocycles. The lowest BCUT2D eigenvalue weighted by atomic mass is 10.1. The van der Waals surface area contributed by atoms with Crippen LogP contribution in [0.2, 0.25) is 0 Å². The molecule has 0 atom stereocenters. The standard InChI is InChI=1S/C20H22N4O/c1-15(25)23-13-11-16(12-14-23)21-20-22-18-9-5-6-10-19(18)24(20)17-7-3-2-4-8-17/h2-10,16H,11-14H2,1H3,(H,21,22). The highest BCUT2D eigenvalue weighted by Gasteiger charge is 2.22. The molecule has 2 aromatic carbocycles. The number of hydrogen-bond acceptors (Lipinski definition) is 3. The van der Waals surface area contributed by atoms with Crippen molar-refractivity contribution in [1.82, 2.24) is 14.5 Å². The van der Waals surface area contributed by atoms with Gasteiger partial charge in [0.05, 0.1) is 11.0 Å². The summed E-state index contributed by atoms with van der Waals surface area (Å²) >= 11 is 0. The quantitative estimate of drug-likeness (QED) is 0.798. The Morgan fingerprint density at radius 2 is 1.72 bits per heavy atom. The average Bonchev–Trinajstić information content (AvgIpc) is 3.00. The van der Waals surface area contributed by atoms with Gasteiger partial charge in [-0.1, -0.05) is 30.3 Å². The Kier molecular flexibility index (Phi) is 4.14. The van der Waals surface area contributed by atoms with Gasteiger partial charge in [-0.25, -0.2) is 4.98 Å². The van der Waals surface area contributed by atoms with Crippen molar-refractivity contribution in [3.8, 4) is 5.69 Å². The van der Waals surface area contributed by atoms with E-state index in [1.165, 1.54) is 0 Å². The summed E-state index contributed by atoms with van der Waals surface area (Å²) in [5.74, 6) is 1.03. The van der Waals surface area contributed by atoms with Crippen LogP contribution >= 0.6 is 0 Å². The van der Waals surface area contributed by atoms with Crippen molar-refractivity contribution in [2.75, 3.05) is 18.4 Å². The first-order valence-electron chi connectivity index (χ1n) is 8.77. The molecular formula is C20H22N4O. The number of nitrogens with zero attached hydrogens (tertiary/aromatic N) is 3. The van der Waals surface area contributed by atoms with E-state index >= 15 is 0 Å². The van der Waals surface area contributed by atoms with Crippen LogP contribution in [0.15, 0.2) is 54.6 Å². The minimum atomic E-state index is 0.162. The second-order valence-corrected chi connectivity index (χ2v) is 6.52. The van der Waals surface area contributed by atoms with E-state index in [-0.39, 0.29) is 5.91 Å². The molecule has 1 saturated heterocycles. The Balaban J connectivity index is 1.65. The first-order chi connectivity index (χ1) is 12.2. The lowest BCUT2D eigenvalue weighted by Crippen LogP contribution is -2.41. The van der Waals surface area contributed by atoms with Crippen molar-refractivity contribution in [2.45, 2.75) is 25.8 Å². The van der Waals surface area contributed by atoms with Gasteiger partial charge in [0.1, 0.15) is 0 Å². The van der Waals surface area contributed by atoms with Gasteiger partial charge < -0.3 is 10.2 Å². The lowest BCUT2D eigenvalue weighted by molar-refractivity contribution is -0.129. The van der Waals surface area contributed by atoms with Crippen molar-refractivity contribution in [2.24, 2.45) is 0 Å². The summed E-state index contributed by atoms with van der Waals surface area (Å²) in [5.41, 5.74) is 3.17. The topological polar surface area (TPSA) is 50.2 Å². The number of aromatic nitrogens is 2. The van der Waals surface area contributed by atoms with Crippen LogP contribution in [0.5, 0.6) is 0 Å². The van der Waals surface area contributed by atoms with Crippen LogP contribution in [0.4, 0.5) is 5.95 Å². The number of hydrogen-bond donors (Lipinski definition) is 1. The Labute approximate surface area is 147 Å². The van der Waals surface area contributed by atoms with Crippen molar-refractivity contribution < 1.29 is 4.79 Å². The van der Waals surface area contributed by atoms with E-state index in [1.807, 2.05) is 41.3 Å². The number of anilines is 1. The molecule has 0 spiro atoms. The third-order valence-electron chi connectivity index (χ3n) is 4.85. The molecule has 4 rings (SSSR count). The Morgan fingerprint density at radius 1 is 1.04 bits per heavy atom. The third kappa shape index (κ3) is 3.09. The number of carbonyl (C=O) groups excluding carboxylic acids is 1. The smallest absolute Gasteiger partial charge is 0.219 e. The molecule has 1 aliphatic rings. The van der Waals surface area contributed by atoms with Crippen LogP contribution < -0.4 is 5.32 Å². The van der Waals surface area contributed by atoms with Gasteiger partial charge >= 0.3 is 0 Å². The molecule has 25 heavy (non-hydrogen) atoms. The minimum Gasteiger partial charge on any atom is -0.352 e. The molecule has 1 amide bonds. The monoisotopic (exact) mass is 334 g/mol. The molecule has 1 aliphatic heterocycles. The molecule has 1 aromatic heterocycles. The van der Waals surface area contributed by atoms with Gasteiger partial charge in [-0.2, -0.15) is 0 Å². The van der Waals surface area contributed by atoms with Gasteiger partial charge in [0.15, 0.2) is 0 Å². The third-order valence-corrected chi connectivity index (χ3v) is 4.85. The number of fused-ring (bicyclic) bond motifs is 1. The number of para-hydroxylation sites is 3. The largest absolute Gasteiger partial charge is 0.352 e. The number of carbonyl (C=O) groups is 1. The second-order valence-electron chi connectivity index (χ2n) is 6.52. The molecular weight excluding hydrogens is 312 g/mol. The van der Waals surface area contributed by atoms with Gasteiger partial charge in [-0.3, -0.25) is 9.36 Å². The Bertz CT molecular complexity index is 879. The van der Waals surface area contributed by atoms with E-state index in [2.05, 4.69) is 28.1 Å². The van der Waals surface area contributed by atoms with Crippen molar-refractivity contribution in [1.29, 1.82) is 0 Å². The highest BCUT2D eigenvalue weighted by molar-refractivity contribution is 5.81. The first kappa shape index (κ1) is 15.7. The summed E-state index contributed by atoms with van der Waals surface area (Å²) in [6.45, 7) is 3.25. The van der Waals surface area contributed by atoms with Gasteiger partial charge in [0.2, 0.25) is 11.9 Å². The van der Waals surface area contributed by atoms with E-state index in [1.54, 1.807) is 6.92 Å². The molecule has 0 saturated carbocycles. The molecule has 5 heteroatoms. The second kappa shape index (κ2) is 6.59. The molecule has 1 N–H and O–H groups in total. The molecule has 0 bridgehead atoms. The van der Waals surface area contributed by atoms with E-state index in [0.717, 1.165) is 48.6 Å². The number of benzene rings is 2. The molecule has 3 aromatic rings. The summed E-state index contributed by atoms with van der Waals surface area (Å²) in [6.07, 6.45) is 1.88. The predicted octanol–water partition coefficient (Wildman–Crippen LogP) is 3.45. The van der Waals surface area contributed by atoms with Crippen molar-refractivity contribution in [3.05, 3.63) is 54.6 Å². The van der Waals surface area contributed by atoms with Gasteiger partial charge in [-0.05, 0) is 37.1 Å². The van der Waals surface area contributed by atoms with Crippen molar-refractivity contribution in [3.63, 3.8) is 0 Å². The van der Waals surface area contributed by atoms with E-state index in [9.17, 15) is 4.79 Å². The summed E-state index contributed by atoms with van der Waals surface area (Å²) < 4.78 is 2.17. The number of nitrogens with one attached hydrogen (secondary N) is 1. The zero-order valence-corrected chi connectivity index (χ0v) is 14.4. The fourth-order valence-corrected chi connectivity index (χ4v) is 3.48. The van der Waals surface area contributed by atoms with Gasteiger partial charge in [-0.15, -0.1) is 0 Å². The predicted molar refractivity (Wildman–Crippen MR) is 100.0 cm³/mol. The number of likely N-dealkylation sites (tertiary alicyclic amines) is 1. The summed E-state index contributed by atoms with van der Waals surface area (Å²) in [5, 5.41) is 3.61. The van der Waals surface area contributed by atoms with Crippen LogP contribution in [-0.2, 0) is 4.79 Å². The molecule has 2 heterocycles. The Morgan fingerprint density at radius 3 is 2.44 bits per heavy atom. The van der Waals surface area contributed by atoms with Crippen LogP contribution in [0, 0.1) is 0 Å². The number of imidazole rings is 1. The zero-order valence-electron chi connectivity index (χ0n) is 14.4. The minimum absolute atomic E-state index is 0.162. The fourth-order valence-electron chi connectivity index (χ4n) is 3.48. The fraction of sp³-hybridized carbons (Fsp3) is 0.300. The highest BCUT2D eigenvalue weighted by atomic mass is 16.2. The maximum Gasteiger partial charge on any atom is 0.219 e. The van der Waals surface area contributed by atoms with Gasteiger partial charge in [0.25, 0.3) is 0 Å². The summed E-state index contributed by atoms with van der Waals surface area (Å²) in [4.78, 5) is 18.2. The SMILES string of the molecule is CC(=O)N1CCC(Nc2nc3ccccc3n2-c2ccccc2)CC1. The summed E-state index contributed by atoms with van der Waals surface area (Å²) in [6, 6.07) is 18.8. The Hall–Kier alpha value is -2.82. The van der Waals surface area contributed by atoms with E-state index in [0.29, 0.717) is 6.04 Å². The maximum absolute atomic E-state index is 11.5. The van der Waals surface area contributed by atoms with E-state index in [4.69, 9.17) is 4.98 Å². The van der Waals surface area contributed by atoms with E-state index < -0.39 is 0 Å². The molecule has 128 valence electrons. The van der Waals surface area contributed by atoms with Crippen LogP contribution in [0.25, 0.3) is 16.7 Å². The number of amides is 1. The maximum atomic E-state index is 11.5. The van der Waals surface area contributed by atoms with Crippen LogP contribution in [0.1, 0.15) is 19.8 Å². The number of piperidine rings is 1. The van der Waals surface area contributed by atoms with Crippen LogP contribution in [-0.4, -0.2) is 39.5 Å². The molecule has 5 nitrogen and oxygen atoms in total. The number of rotatable bonds is 3. The average molecular weight is 334 g/mol. The zero-order chi connectivity index (χ0) is 17.2.